The Bertz CT molecular complexity index is 391. The van der Waals surface area contributed by atoms with Gasteiger partial charge in [0.15, 0.2) is 0 Å². The third kappa shape index (κ3) is 4.97. The number of esters is 1. The summed E-state index contributed by atoms with van der Waals surface area (Å²) >= 11 is 0. The Hall–Kier alpha value is -1.88. The summed E-state index contributed by atoms with van der Waals surface area (Å²) in [6.07, 6.45) is -0.947. The van der Waals surface area contributed by atoms with Gasteiger partial charge >= 0.3 is 5.97 Å². The molecule has 0 aliphatic rings. The Labute approximate surface area is 106 Å². The molecule has 1 rings (SSSR count). The third-order valence-electron chi connectivity index (χ3n) is 2.29. The van der Waals surface area contributed by atoms with E-state index in [9.17, 15) is 14.7 Å². The van der Waals surface area contributed by atoms with Crippen LogP contribution in [0.2, 0.25) is 0 Å². The summed E-state index contributed by atoms with van der Waals surface area (Å²) in [7, 11) is 0. The summed E-state index contributed by atoms with van der Waals surface area (Å²) in [5.74, 6) is -1.09. The molecule has 0 saturated carbocycles. The third-order valence-corrected chi connectivity index (χ3v) is 2.29. The van der Waals surface area contributed by atoms with Crippen molar-refractivity contribution in [3.8, 4) is 0 Å². The molecule has 98 valence electrons. The first kappa shape index (κ1) is 14.2. The maximum absolute atomic E-state index is 11.5. The highest BCUT2D eigenvalue weighted by Gasteiger charge is 2.16. The van der Waals surface area contributed by atoms with Crippen LogP contribution < -0.4 is 5.32 Å². The number of carbonyl (C=O) groups is 2. The van der Waals surface area contributed by atoms with Gasteiger partial charge < -0.3 is 15.2 Å². The second kappa shape index (κ2) is 7.45. The number of ether oxygens (including phenoxy) is 1. The second-order valence-electron chi connectivity index (χ2n) is 3.73. The van der Waals surface area contributed by atoms with E-state index >= 15 is 0 Å². The summed E-state index contributed by atoms with van der Waals surface area (Å²) in [5.41, 5.74) is 0.858. The van der Waals surface area contributed by atoms with Crippen molar-refractivity contribution in [2.75, 3.05) is 13.2 Å². The number of benzene rings is 1. The van der Waals surface area contributed by atoms with Crippen LogP contribution in [0.5, 0.6) is 0 Å². The molecule has 1 aromatic carbocycles. The topological polar surface area (TPSA) is 75.6 Å². The van der Waals surface area contributed by atoms with Crippen LogP contribution in [0.3, 0.4) is 0 Å². The van der Waals surface area contributed by atoms with Crippen LogP contribution in [0.4, 0.5) is 0 Å². The summed E-state index contributed by atoms with van der Waals surface area (Å²) in [6.45, 7) is 1.73. The number of rotatable bonds is 6. The van der Waals surface area contributed by atoms with E-state index in [0.717, 1.165) is 5.56 Å². The van der Waals surface area contributed by atoms with Crippen molar-refractivity contribution in [2.24, 2.45) is 0 Å². The average Bonchev–Trinajstić information content (AvgIpc) is 2.37. The largest absolute Gasteiger partial charge is 0.465 e. The van der Waals surface area contributed by atoms with Gasteiger partial charge in [0.05, 0.1) is 6.61 Å². The van der Waals surface area contributed by atoms with Crippen molar-refractivity contribution < 1.29 is 19.4 Å². The predicted molar refractivity (Wildman–Crippen MR) is 65.8 cm³/mol. The number of carbonyl (C=O) groups excluding carboxylic acids is 2. The van der Waals surface area contributed by atoms with Gasteiger partial charge in [0.2, 0.25) is 5.91 Å². The predicted octanol–water partition coefficient (Wildman–Crippen LogP) is 0.269. The molecule has 0 aliphatic carbocycles. The highest BCUT2D eigenvalue weighted by atomic mass is 16.5. The smallest absolute Gasteiger partial charge is 0.325 e. The number of nitrogens with one attached hydrogen (secondary N) is 1. The van der Waals surface area contributed by atoms with Gasteiger partial charge in [-0.2, -0.15) is 0 Å². The first-order valence-corrected chi connectivity index (χ1v) is 5.78. The molecule has 0 aromatic heterocycles. The molecule has 0 radical (unpaired) electrons. The van der Waals surface area contributed by atoms with Crippen LogP contribution in [0.15, 0.2) is 30.3 Å². The van der Waals surface area contributed by atoms with Crippen molar-refractivity contribution in [2.45, 2.75) is 19.4 Å². The molecule has 2 N–H and O–H groups in total. The van der Waals surface area contributed by atoms with E-state index < -0.39 is 18.0 Å². The summed E-state index contributed by atoms with van der Waals surface area (Å²) in [6, 6.07) is 9.16. The lowest BCUT2D eigenvalue weighted by Crippen LogP contribution is -2.39. The highest BCUT2D eigenvalue weighted by Crippen LogP contribution is 2.02. The molecule has 1 amide bonds. The van der Waals surface area contributed by atoms with E-state index in [1.54, 1.807) is 6.92 Å². The number of hydrogen-bond acceptors (Lipinski definition) is 4. The Balaban J connectivity index is 2.35. The zero-order valence-electron chi connectivity index (χ0n) is 10.3. The molecule has 0 aliphatic heterocycles. The molecular formula is C13H17NO4. The molecular weight excluding hydrogens is 234 g/mol. The molecule has 5 nitrogen and oxygen atoms in total. The highest BCUT2D eigenvalue weighted by molar-refractivity contribution is 5.84. The minimum atomic E-state index is -1.16. The number of aliphatic hydroxyl groups is 1. The molecule has 0 saturated heterocycles. The van der Waals surface area contributed by atoms with Gasteiger partial charge in [0.25, 0.3) is 0 Å². The monoisotopic (exact) mass is 251 g/mol. The van der Waals surface area contributed by atoms with Gasteiger partial charge in [-0.3, -0.25) is 9.59 Å². The standard InChI is InChI=1S/C13H17NO4/c1-2-18-12(16)9-14-13(17)11(15)8-10-6-4-3-5-7-10/h3-7,11,15H,2,8-9H2,1H3,(H,14,17)/t11-/m0/s1. The van der Waals surface area contributed by atoms with Crippen molar-refractivity contribution in [1.82, 2.24) is 5.32 Å². The number of amides is 1. The number of hydrogen-bond donors (Lipinski definition) is 2. The molecule has 0 bridgehead atoms. The maximum atomic E-state index is 11.5. The first-order chi connectivity index (χ1) is 8.63. The summed E-state index contributed by atoms with van der Waals surface area (Å²) < 4.78 is 4.66. The maximum Gasteiger partial charge on any atom is 0.325 e. The fourth-order valence-electron chi connectivity index (χ4n) is 1.42. The minimum absolute atomic E-state index is 0.218. The quantitative estimate of drug-likeness (QED) is 0.712. The van der Waals surface area contributed by atoms with Crippen LogP contribution in [0.1, 0.15) is 12.5 Å². The first-order valence-electron chi connectivity index (χ1n) is 5.78. The van der Waals surface area contributed by atoms with Crippen molar-refractivity contribution in [3.63, 3.8) is 0 Å². The minimum Gasteiger partial charge on any atom is -0.465 e. The van der Waals surface area contributed by atoms with E-state index in [1.165, 1.54) is 0 Å². The van der Waals surface area contributed by atoms with Gasteiger partial charge in [0.1, 0.15) is 12.6 Å². The van der Waals surface area contributed by atoms with Crippen LogP contribution in [-0.4, -0.2) is 36.2 Å². The lowest BCUT2D eigenvalue weighted by atomic mass is 10.1. The Morgan fingerprint density at radius 2 is 2.00 bits per heavy atom. The van der Waals surface area contributed by atoms with Gasteiger partial charge in [0, 0.05) is 6.42 Å². The fraction of sp³-hybridized carbons (Fsp3) is 0.385. The molecule has 1 aromatic rings. The molecule has 18 heavy (non-hydrogen) atoms. The Morgan fingerprint density at radius 1 is 1.33 bits per heavy atom. The van der Waals surface area contributed by atoms with Gasteiger partial charge in [-0.1, -0.05) is 30.3 Å². The molecule has 0 unspecified atom stereocenters. The lowest BCUT2D eigenvalue weighted by Gasteiger charge is -2.10. The van der Waals surface area contributed by atoms with Gasteiger partial charge in [-0.25, -0.2) is 0 Å². The van der Waals surface area contributed by atoms with E-state index in [0.29, 0.717) is 0 Å². The summed E-state index contributed by atoms with van der Waals surface area (Å²) in [5, 5.41) is 12.0. The average molecular weight is 251 g/mol. The van der Waals surface area contributed by atoms with Crippen molar-refractivity contribution >= 4 is 11.9 Å². The lowest BCUT2D eigenvalue weighted by molar-refractivity contribution is -0.144. The van der Waals surface area contributed by atoms with Crippen LogP contribution in [-0.2, 0) is 20.7 Å². The van der Waals surface area contributed by atoms with E-state index in [-0.39, 0.29) is 19.6 Å². The summed E-state index contributed by atoms with van der Waals surface area (Å²) in [4.78, 5) is 22.5. The Kier molecular flexibility index (Phi) is 5.87. The van der Waals surface area contributed by atoms with E-state index in [4.69, 9.17) is 0 Å². The van der Waals surface area contributed by atoms with Crippen molar-refractivity contribution in [3.05, 3.63) is 35.9 Å². The van der Waals surface area contributed by atoms with Crippen LogP contribution in [0, 0.1) is 0 Å². The zero-order chi connectivity index (χ0) is 13.4. The van der Waals surface area contributed by atoms with Gasteiger partial charge in [-0.05, 0) is 12.5 Å². The molecule has 1 atom stereocenters. The van der Waals surface area contributed by atoms with E-state index in [1.807, 2.05) is 30.3 Å². The molecule has 0 spiro atoms. The van der Waals surface area contributed by atoms with Gasteiger partial charge in [-0.15, -0.1) is 0 Å². The molecule has 5 heteroatoms. The van der Waals surface area contributed by atoms with Crippen LogP contribution in [0.25, 0.3) is 0 Å². The normalized spacial score (nSPS) is 11.7. The SMILES string of the molecule is CCOC(=O)CNC(=O)[C@@H](O)Cc1ccccc1. The Morgan fingerprint density at radius 3 is 2.61 bits per heavy atom. The number of aliphatic hydroxyl groups excluding tert-OH is 1. The molecule has 0 fully saturated rings. The molecule has 0 heterocycles. The second-order valence-corrected chi connectivity index (χ2v) is 3.73. The van der Waals surface area contributed by atoms with Crippen LogP contribution >= 0.6 is 0 Å². The van der Waals surface area contributed by atoms with Crippen molar-refractivity contribution in [1.29, 1.82) is 0 Å². The fourth-order valence-corrected chi connectivity index (χ4v) is 1.42. The zero-order valence-corrected chi connectivity index (χ0v) is 10.3. The van der Waals surface area contributed by atoms with E-state index in [2.05, 4.69) is 10.1 Å².